The maximum atomic E-state index is 12.9. The normalized spacial score (nSPS) is 20.0. The van der Waals surface area contributed by atoms with E-state index < -0.39 is 0 Å². The minimum atomic E-state index is -0.380. The van der Waals surface area contributed by atoms with Crippen LogP contribution in [-0.4, -0.2) is 27.8 Å². The summed E-state index contributed by atoms with van der Waals surface area (Å²) in [6.07, 6.45) is 3.55. The number of hydrogen-bond donors (Lipinski definition) is 1. The summed E-state index contributed by atoms with van der Waals surface area (Å²) in [6.45, 7) is 3.73. The van der Waals surface area contributed by atoms with Crippen LogP contribution in [0.5, 0.6) is 0 Å². The number of aryl methyl sites for hydroxylation is 1. The first-order valence-electron chi connectivity index (χ1n) is 7.49. The van der Waals surface area contributed by atoms with Crippen molar-refractivity contribution in [3.8, 4) is 0 Å². The molecule has 3 rings (SSSR count). The van der Waals surface area contributed by atoms with E-state index in [9.17, 15) is 9.59 Å². The van der Waals surface area contributed by atoms with Gasteiger partial charge in [-0.1, -0.05) is 18.2 Å². The Morgan fingerprint density at radius 2 is 1.96 bits per heavy atom. The molecule has 0 bridgehead atoms. The highest BCUT2D eigenvalue weighted by Gasteiger charge is 2.36. The fourth-order valence-corrected chi connectivity index (χ4v) is 3.02. The number of benzene rings is 1. The monoisotopic (exact) mass is 310 g/mol. The molecule has 2 heterocycles. The Hall–Kier alpha value is -2.76. The topological polar surface area (TPSA) is 89.2 Å². The third-order valence-electron chi connectivity index (χ3n) is 4.15. The first kappa shape index (κ1) is 15.1. The fourth-order valence-electron chi connectivity index (χ4n) is 3.02. The van der Waals surface area contributed by atoms with E-state index in [0.717, 1.165) is 11.3 Å². The molecule has 2 amide bonds. The molecule has 0 radical (unpaired) electrons. The lowest BCUT2D eigenvalue weighted by Crippen LogP contribution is -2.45. The predicted molar refractivity (Wildman–Crippen MR) is 86.0 cm³/mol. The standard InChI is InChI=1S/C17H18N4O2/c1-10-8-20-14(9-19-10)17(23)21-11(2)7-13(16(18)22)12-5-3-4-6-15(12)21/h3-6,8-9,11,13H,7H2,1-2H3,(H2,18,22)/t11-,13+/m0/s1. The van der Waals surface area contributed by atoms with E-state index in [1.54, 1.807) is 11.1 Å². The zero-order chi connectivity index (χ0) is 16.6. The third kappa shape index (κ3) is 2.67. The van der Waals surface area contributed by atoms with Crippen molar-refractivity contribution in [1.29, 1.82) is 0 Å². The number of rotatable bonds is 2. The zero-order valence-corrected chi connectivity index (χ0v) is 13.1. The Labute approximate surface area is 134 Å². The van der Waals surface area contributed by atoms with Gasteiger partial charge in [0.1, 0.15) is 5.69 Å². The van der Waals surface area contributed by atoms with Crippen LogP contribution in [0.4, 0.5) is 5.69 Å². The summed E-state index contributed by atoms with van der Waals surface area (Å²) in [7, 11) is 0. The average molecular weight is 310 g/mol. The fraction of sp³-hybridized carbons (Fsp3) is 0.294. The Morgan fingerprint density at radius 3 is 2.61 bits per heavy atom. The van der Waals surface area contributed by atoms with Crippen molar-refractivity contribution in [2.75, 3.05) is 4.90 Å². The Balaban J connectivity index is 2.05. The minimum absolute atomic E-state index is 0.155. The lowest BCUT2D eigenvalue weighted by Gasteiger charge is -2.38. The largest absolute Gasteiger partial charge is 0.369 e. The van der Waals surface area contributed by atoms with Crippen molar-refractivity contribution in [2.24, 2.45) is 5.73 Å². The molecule has 2 N–H and O–H groups in total. The smallest absolute Gasteiger partial charge is 0.278 e. The molecule has 0 saturated carbocycles. The molecular formula is C17H18N4O2. The number of aromatic nitrogens is 2. The van der Waals surface area contributed by atoms with Crippen molar-refractivity contribution in [3.63, 3.8) is 0 Å². The molecule has 0 saturated heterocycles. The number of hydrogen-bond acceptors (Lipinski definition) is 4. The van der Waals surface area contributed by atoms with Gasteiger partial charge in [0.15, 0.2) is 0 Å². The lowest BCUT2D eigenvalue weighted by molar-refractivity contribution is -0.119. The van der Waals surface area contributed by atoms with Crippen LogP contribution < -0.4 is 10.6 Å². The molecule has 2 aromatic rings. The van der Waals surface area contributed by atoms with Gasteiger partial charge in [0.05, 0.1) is 17.8 Å². The molecule has 0 unspecified atom stereocenters. The number of amides is 2. The van der Waals surface area contributed by atoms with Crippen LogP contribution >= 0.6 is 0 Å². The molecule has 6 heteroatoms. The Morgan fingerprint density at radius 1 is 1.22 bits per heavy atom. The van der Waals surface area contributed by atoms with Gasteiger partial charge in [-0.15, -0.1) is 0 Å². The summed E-state index contributed by atoms with van der Waals surface area (Å²) in [5.74, 6) is -0.971. The minimum Gasteiger partial charge on any atom is -0.369 e. The van der Waals surface area contributed by atoms with Crippen LogP contribution in [0.1, 0.15) is 41.0 Å². The van der Waals surface area contributed by atoms with Crippen LogP contribution in [0.3, 0.4) is 0 Å². The van der Waals surface area contributed by atoms with E-state index in [2.05, 4.69) is 9.97 Å². The van der Waals surface area contributed by atoms with Crippen LogP contribution in [0.25, 0.3) is 0 Å². The highest BCUT2D eigenvalue weighted by molar-refractivity contribution is 6.06. The molecule has 1 aromatic heterocycles. The molecule has 2 atom stereocenters. The third-order valence-corrected chi connectivity index (χ3v) is 4.15. The second kappa shape index (κ2) is 5.79. The summed E-state index contributed by atoms with van der Waals surface area (Å²) in [5, 5.41) is 0. The van der Waals surface area contributed by atoms with Gasteiger partial charge in [0.2, 0.25) is 5.91 Å². The van der Waals surface area contributed by atoms with E-state index in [0.29, 0.717) is 12.1 Å². The molecule has 0 spiro atoms. The molecule has 1 aromatic carbocycles. The summed E-state index contributed by atoms with van der Waals surface area (Å²) in [4.78, 5) is 34.6. The number of para-hydroxylation sites is 1. The van der Waals surface area contributed by atoms with Gasteiger partial charge < -0.3 is 10.6 Å². The van der Waals surface area contributed by atoms with Crippen LogP contribution in [0.2, 0.25) is 0 Å². The van der Waals surface area contributed by atoms with Gasteiger partial charge in [-0.3, -0.25) is 14.6 Å². The molecule has 6 nitrogen and oxygen atoms in total. The first-order valence-corrected chi connectivity index (χ1v) is 7.49. The van der Waals surface area contributed by atoms with Crippen molar-refractivity contribution in [1.82, 2.24) is 9.97 Å². The van der Waals surface area contributed by atoms with Crippen molar-refractivity contribution in [3.05, 3.63) is 53.6 Å². The Kier molecular flexibility index (Phi) is 3.82. The molecule has 0 fully saturated rings. The Bertz CT molecular complexity index is 757. The van der Waals surface area contributed by atoms with Crippen LogP contribution in [0.15, 0.2) is 36.7 Å². The second-order valence-corrected chi connectivity index (χ2v) is 5.82. The van der Waals surface area contributed by atoms with Gasteiger partial charge in [-0.05, 0) is 31.9 Å². The summed E-state index contributed by atoms with van der Waals surface area (Å²) < 4.78 is 0. The second-order valence-electron chi connectivity index (χ2n) is 5.82. The number of carbonyl (C=O) groups is 2. The van der Waals surface area contributed by atoms with Crippen molar-refractivity contribution in [2.45, 2.75) is 32.2 Å². The lowest BCUT2D eigenvalue weighted by atomic mass is 9.85. The van der Waals surface area contributed by atoms with Gasteiger partial charge in [0.25, 0.3) is 5.91 Å². The molecular weight excluding hydrogens is 292 g/mol. The van der Waals surface area contributed by atoms with E-state index in [1.165, 1.54) is 6.20 Å². The average Bonchev–Trinajstić information content (AvgIpc) is 2.54. The van der Waals surface area contributed by atoms with E-state index >= 15 is 0 Å². The number of carbonyl (C=O) groups excluding carboxylic acids is 2. The maximum absolute atomic E-state index is 12.9. The van der Waals surface area contributed by atoms with E-state index in [1.807, 2.05) is 38.1 Å². The highest BCUT2D eigenvalue weighted by atomic mass is 16.2. The van der Waals surface area contributed by atoms with Crippen LogP contribution in [0, 0.1) is 6.92 Å². The van der Waals surface area contributed by atoms with E-state index in [4.69, 9.17) is 5.73 Å². The van der Waals surface area contributed by atoms with Gasteiger partial charge in [0, 0.05) is 17.9 Å². The SMILES string of the molecule is Cc1cnc(C(=O)N2c3ccccc3[C@H](C(N)=O)C[C@@H]2C)cn1. The number of anilines is 1. The van der Waals surface area contributed by atoms with Gasteiger partial charge in [-0.25, -0.2) is 4.98 Å². The molecule has 1 aliphatic heterocycles. The van der Waals surface area contributed by atoms with Gasteiger partial charge >= 0.3 is 0 Å². The molecule has 0 aliphatic carbocycles. The van der Waals surface area contributed by atoms with Crippen molar-refractivity contribution >= 4 is 17.5 Å². The molecule has 118 valence electrons. The summed E-state index contributed by atoms with van der Waals surface area (Å²) in [6, 6.07) is 7.21. The first-order chi connectivity index (χ1) is 11.0. The molecule has 1 aliphatic rings. The summed E-state index contributed by atoms with van der Waals surface area (Å²) in [5.41, 5.74) is 8.06. The quantitative estimate of drug-likeness (QED) is 0.916. The summed E-state index contributed by atoms with van der Waals surface area (Å²) >= 11 is 0. The van der Waals surface area contributed by atoms with E-state index in [-0.39, 0.29) is 29.5 Å². The highest BCUT2D eigenvalue weighted by Crippen LogP contribution is 2.38. The number of nitrogens with two attached hydrogens (primary N) is 1. The number of primary amides is 1. The number of fused-ring (bicyclic) bond motifs is 1. The zero-order valence-electron chi connectivity index (χ0n) is 13.1. The predicted octanol–water partition coefficient (Wildman–Crippen LogP) is 1.79. The molecule has 23 heavy (non-hydrogen) atoms. The van der Waals surface area contributed by atoms with Crippen molar-refractivity contribution < 1.29 is 9.59 Å². The number of nitrogens with zero attached hydrogens (tertiary/aromatic N) is 3. The van der Waals surface area contributed by atoms with Gasteiger partial charge in [-0.2, -0.15) is 0 Å². The van der Waals surface area contributed by atoms with Crippen LogP contribution in [-0.2, 0) is 4.79 Å². The maximum Gasteiger partial charge on any atom is 0.278 e.